The summed E-state index contributed by atoms with van der Waals surface area (Å²) in [5, 5.41) is 3.15. The van der Waals surface area contributed by atoms with E-state index in [1.807, 2.05) is 36.4 Å². The largest absolute Gasteiger partial charge is 0.503 e. The topological polar surface area (TPSA) is 33.0 Å². The molecule has 2 aromatic heterocycles. The van der Waals surface area contributed by atoms with E-state index >= 15 is 0 Å². The Morgan fingerprint density at radius 2 is 1.47 bits per heavy atom. The third kappa shape index (κ3) is 4.65. The number of para-hydroxylation sites is 3. The van der Waals surface area contributed by atoms with Gasteiger partial charge in [-0.15, -0.1) is 36.0 Å². The van der Waals surface area contributed by atoms with Crippen molar-refractivity contribution in [1.29, 1.82) is 0 Å². The maximum atomic E-state index is 6.40. The molecule has 0 aliphatic carbocycles. The van der Waals surface area contributed by atoms with Gasteiger partial charge in [-0.3, -0.25) is 4.98 Å². The summed E-state index contributed by atoms with van der Waals surface area (Å²) in [5.41, 5.74) is 7.18. The summed E-state index contributed by atoms with van der Waals surface area (Å²) in [5.74, 6) is 1.24. The minimum Gasteiger partial charge on any atom is -0.503 e. The third-order valence-corrected chi connectivity index (χ3v) is 7.82. The van der Waals surface area contributed by atoms with Crippen LogP contribution in [0.5, 0.6) is 11.5 Å². The second-order valence-corrected chi connectivity index (χ2v) is 10.8. The number of hydrogen-bond acceptors (Lipinski definition) is 4. The summed E-state index contributed by atoms with van der Waals surface area (Å²) in [6, 6.07) is 44.6. The monoisotopic (exact) mass is 738 g/mol. The van der Waals surface area contributed by atoms with Crippen molar-refractivity contribution in [3.05, 3.63) is 134 Å². The normalized spacial score (nSPS) is 12.7. The second-order valence-electron chi connectivity index (χ2n) is 10.8. The van der Waals surface area contributed by atoms with E-state index in [0.717, 1.165) is 50.0 Å². The molecule has 1 aliphatic rings. The minimum absolute atomic E-state index is 0. The van der Waals surface area contributed by atoms with Crippen molar-refractivity contribution < 1.29 is 25.8 Å². The Bertz CT molecular complexity index is 2100. The number of rotatable bonds is 5. The number of nitrogens with zero attached hydrogens (tertiary/aromatic N) is 4. The van der Waals surface area contributed by atoms with Gasteiger partial charge in [-0.1, -0.05) is 77.5 Å². The van der Waals surface area contributed by atoms with Crippen LogP contribution in [0.4, 0.5) is 17.1 Å². The molecule has 0 bridgehead atoms. The first-order valence-electron chi connectivity index (χ1n) is 14.2. The molecule has 43 heavy (non-hydrogen) atoms. The smallest absolute Gasteiger partial charge is 0.0771 e. The van der Waals surface area contributed by atoms with Crippen molar-refractivity contribution in [2.75, 3.05) is 9.80 Å². The number of hydrogen-bond donors (Lipinski definition) is 0. The molecule has 5 aromatic carbocycles. The van der Waals surface area contributed by atoms with Crippen molar-refractivity contribution in [3.63, 3.8) is 0 Å². The first-order valence-corrected chi connectivity index (χ1v) is 14.2. The summed E-state index contributed by atoms with van der Waals surface area (Å²) in [6.45, 7) is 6.52. The molecule has 8 rings (SSSR count). The predicted molar refractivity (Wildman–Crippen MR) is 170 cm³/mol. The molecule has 1 aliphatic heterocycles. The number of imidazole rings is 1. The van der Waals surface area contributed by atoms with Gasteiger partial charge in [0.25, 0.3) is 0 Å². The molecule has 214 valence electrons. The van der Waals surface area contributed by atoms with Gasteiger partial charge in [0.05, 0.1) is 11.3 Å². The Hall–Kier alpha value is -4.60. The Morgan fingerprint density at radius 3 is 2.30 bits per heavy atom. The van der Waals surface area contributed by atoms with Crippen LogP contribution in [0.25, 0.3) is 38.6 Å². The maximum Gasteiger partial charge on any atom is 0.0771 e. The van der Waals surface area contributed by atoms with Gasteiger partial charge in [-0.2, -0.15) is 12.7 Å². The average molecular weight is 739 g/mol. The van der Waals surface area contributed by atoms with Crippen LogP contribution in [-0.2, 0) is 21.1 Å². The van der Waals surface area contributed by atoms with E-state index in [0.29, 0.717) is 17.5 Å². The third-order valence-electron chi connectivity index (χ3n) is 7.82. The molecule has 0 saturated carbocycles. The van der Waals surface area contributed by atoms with Crippen molar-refractivity contribution in [1.82, 2.24) is 9.38 Å². The Balaban J connectivity index is 0.00000300. The molecule has 0 N–H and O–H groups in total. The zero-order valence-corrected chi connectivity index (χ0v) is 25.9. The Kier molecular flexibility index (Phi) is 6.91. The van der Waals surface area contributed by atoms with Gasteiger partial charge < -0.3 is 18.9 Å². The summed E-state index contributed by atoms with van der Waals surface area (Å²) < 4.78 is 8.56. The van der Waals surface area contributed by atoms with E-state index in [-0.39, 0.29) is 21.1 Å². The van der Waals surface area contributed by atoms with Crippen LogP contribution >= 0.6 is 0 Å². The van der Waals surface area contributed by atoms with Gasteiger partial charge >= 0.3 is 0 Å². The summed E-state index contributed by atoms with van der Waals surface area (Å²) in [4.78, 5) is 9.51. The van der Waals surface area contributed by atoms with Crippen LogP contribution in [0.3, 0.4) is 0 Å². The van der Waals surface area contributed by atoms with Gasteiger partial charge in [0.15, 0.2) is 0 Å². The van der Waals surface area contributed by atoms with Crippen LogP contribution in [-0.4, -0.2) is 15.4 Å². The first-order chi connectivity index (χ1) is 20.6. The summed E-state index contributed by atoms with van der Waals surface area (Å²) in [7, 11) is 0. The molecule has 0 radical (unpaired) electrons. The molecule has 5 nitrogen and oxygen atoms in total. The number of benzene rings is 5. The molecule has 0 fully saturated rings. The molecule has 3 heterocycles. The number of aromatic nitrogens is 2. The van der Waals surface area contributed by atoms with Crippen molar-refractivity contribution >= 4 is 44.4 Å². The molecule has 0 saturated heterocycles. The zero-order valence-electron chi connectivity index (χ0n) is 23.6. The molecule has 0 unspecified atom stereocenters. The molecule has 0 amide bonds. The van der Waals surface area contributed by atoms with Crippen molar-refractivity contribution in [2.45, 2.75) is 19.9 Å². The number of pyridine rings is 1. The molecular weight excluding hydrogens is 712 g/mol. The fraction of sp³-hybridized carbons (Fsp3) is 0.0811. The van der Waals surface area contributed by atoms with Crippen LogP contribution in [0.15, 0.2) is 115 Å². The maximum absolute atomic E-state index is 6.40. The van der Waals surface area contributed by atoms with E-state index in [9.17, 15) is 0 Å². The van der Waals surface area contributed by atoms with Crippen LogP contribution in [0, 0.1) is 18.8 Å². The van der Waals surface area contributed by atoms with E-state index in [2.05, 4.69) is 126 Å². The summed E-state index contributed by atoms with van der Waals surface area (Å²) >= 11 is 0. The standard InChI is InChI=1S/C37H27N4O.Pt/c1-25(2)40-24-41(36-18-9-8-17-35(36)40)27-13-10-14-28(21-27)42-29-19-20-30-31-15-6-7-16-34(31)39-23-33(26-11-4-3-5-12-26)38-37(39)32(30)22-29;/h3-20,23-25H,1-2H3;/q-3;. The number of ether oxygens (including phenoxy) is 1. The molecule has 0 spiro atoms. The number of fused-ring (bicyclic) bond motifs is 7. The van der Waals surface area contributed by atoms with Crippen LogP contribution < -0.4 is 14.5 Å². The van der Waals surface area contributed by atoms with Crippen LogP contribution in [0.1, 0.15) is 13.8 Å². The Labute approximate surface area is 265 Å². The average Bonchev–Trinajstić information content (AvgIpc) is 3.65. The predicted octanol–water partition coefficient (Wildman–Crippen LogP) is 9.18. The quantitative estimate of drug-likeness (QED) is 0.130. The van der Waals surface area contributed by atoms with E-state index < -0.39 is 0 Å². The molecule has 0 atom stereocenters. The summed E-state index contributed by atoms with van der Waals surface area (Å²) in [6.07, 6.45) is 2.11. The van der Waals surface area contributed by atoms with Crippen LogP contribution in [0.2, 0.25) is 0 Å². The van der Waals surface area contributed by atoms with Crippen molar-refractivity contribution in [2.24, 2.45) is 0 Å². The van der Waals surface area contributed by atoms with Gasteiger partial charge in [-0.05, 0) is 43.5 Å². The fourth-order valence-corrected chi connectivity index (χ4v) is 5.83. The molecular formula is C37H27N4OPt-3. The van der Waals surface area contributed by atoms with Gasteiger partial charge in [0.1, 0.15) is 0 Å². The zero-order chi connectivity index (χ0) is 28.2. The van der Waals surface area contributed by atoms with Gasteiger partial charge in [0.2, 0.25) is 0 Å². The SMILES string of the molecule is CC(C)N1[CH-]N(c2[c-]c(Oc3[c-]c4c(cc3)c3ccccc3n3cc(-c5ccccc5)nc43)ccc2)c2ccccc21.[Pt]. The van der Waals surface area contributed by atoms with Crippen molar-refractivity contribution in [3.8, 4) is 22.8 Å². The Morgan fingerprint density at radius 1 is 0.721 bits per heavy atom. The van der Waals surface area contributed by atoms with Gasteiger partial charge in [0, 0.05) is 61.2 Å². The van der Waals surface area contributed by atoms with E-state index in [4.69, 9.17) is 9.72 Å². The van der Waals surface area contributed by atoms with E-state index in [1.54, 1.807) is 0 Å². The number of anilines is 3. The molecule has 6 heteroatoms. The molecule has 7 aromatic rings. The fourth-order valence-electron chi connectivity index (χ4n) is 5.83. The van der Waals surface area contributed by atoms with Gasteiger partial charge in [-0.25, -0.2) is 0 Å². The van der Waals surface area contributed by atoms with E-state index in [1.165, 1.54) is 5.69 Å². The minimum atomic E-state index is 0. The first kappa shape index (κ1) is 27.2. The second kappa shape index (κ2) is 10.9.